The molecule has 0 atom stereocenters. The highest BCUT2D eigenvalue weighted by atomic mass is 31.1. The smallest absolute Gasteiger partial charge is 0.314 e. The number of pyridine rings is 2. The first kappa shape index (κ1) is 18.6. The molecular weight excluding hydrogens is 306 g/mol. The Kier molecular flexibility index (Phi) is 10.6. The molecule has 2 aromatic rings. The van der Waals surface area contributed by atoms with Crippen LogP contribution in [0.2, 0.25) is 0 Å². The van der Waals surface area contributed by atoms with E-state index in [9.17, 15) is 0 Å². The van der Waals surface area contributed by atoms with Crippen LogP contribution in [0.1, 0.15) is 0 Å². The van der Waals surface area contributed by atoms with E-state index in [1.165, 1.54) is 0 Å². The quantitative estimate of drug-likeness (QED) is 0.567. The third-order valence-corrected chi connectivity index (χ3v) is 1.59. The minimum absolute atomic E-state index is 0.915. The van der Waals surface area contributed by atoms with Gasteiger partial charge in [-0.1, -0.05) is 12.1 Å². The molecule has 0 saturated carbocycles. The summed E-state index contributed by atoms with van der Waals surface area (Å²) in [5.74, 6) is 0. The summed E-state index contributed by atoms with van der Waals surface area (Å²) in [7, 11) is -6.26. The van der Waals surface area contributed by atoms with Crippen LogP contribution in [0.3, 0.4) is 0 Å². The standard InChI is InChI=1S/C10H8N2.2H3O3P/c1-3-7-11-9(5-1)10-6-2-4-8-12-10;2*1-4(2)3/h1-8H;2*4H,(H2,1,2,3). The predicted octanol–water partition coefficient (Wildman–Crippen LogP) is 0.865. The maximum Gasteiger partial charge on any atom is 0.314 e. The summed E-state index contributed by atoms with van der Waals surface area (Å²) < 4.78 is 17.5. The number of nitrogens with zero attached hydrogens (tertiary/aromatic N) is 2. The number of aromatic nitrogens is 2. The van der Waals surface area contributed by atoms with E-state index >= 15 is 0 Å². The summed E-state index contributed by atoms with van der Waals surface area (Å²) in [5, 5.41) is 0. The van der Waals surface area contributed by atoms with Crippen molar-refractivity contribution in [2.75, 3.05) is 0 Å². The second-order valence-corrected chi connectivity index (χ2v) is 4.13. The molecule has 0 unspecified atom stereocenters. The minimum atomic E-state index is -3.13. The van der Waals surface area contributed by atoms with Gasteiger partial charge < -0.3 is 19.6 Å². The van der Waals surface area contributed by atoms with Crippen molar-refractivity contribution in [3.05, 3.63) is 48.8 Å². The second kappa shape index (κ2) is 11.4. The van der Waals surface area contributed by atoms with Crippen LogP contribution in [-0.4, -0.2) is 29.5 Å². The van der Waals surface area contributed by atoms with Gasteiger partial charge in [-0.3, -0.25) is 19.1 Å². The zero-order chi connectivity index (χ0) is 15.4. The average Bonchev–Trinajstić information content (AvgIpc) is 2.39. The Bertz CT molecular complexity index is 468. The summed E-state index contributed by atoms with van der Waals surface area (Å²) in [5.41, 5.74) is 1.83. The van der Waals surface area contributed by atoms with Gasteiger partial charge in [-0.05, 0) is 24.3 Å². The van der Waals surface area contributed by atoms with Crippen molar-refractivity contribution in [3.63, 3.8) is 0 Å². The van der Waals surface area contributed by atoms with E-state index in [4.69, 9.17) is 28.7 Å². The number of rotatable bonds is 1. The van der Waals surface area contributed by atoms with Crippen LogP contribution in [-0.2, 0) is 9.13 Å². The van der Waals surface area contributed by atoms with Gasteiger partial charge in [0.1, 0.15) is 0 Å². The number of hydrogen-bond acceptors (Lipinski definition) is 4. The van der Waals surface area contributed by atoms with Crippen LogP contribution in [0.25, 0.3) is 11.4 Å². The minimum Gasteiger partial charge on any atom is -0.326 e. The Morgan fingerprint density at radius 2 is 1.00 bits per heavy atom. The monoisotopic (exact) mass is 320 g/mol. The zero-order valence-corrected chi connectivity index (χ0v) is 12.1. The van der Waals surface area contributed by atoms with E-state index in [1.54, 1.807) is 12.4 Å². The van der Waals surface area contributed by atoms with Crippen LogP contribution in [0, 0.1) is 0 Å². The fourth-order valence-electron chi connectivity index (χ4n) is 1.03. The van der Waals surface area contributed by atoms with Crippen LogP contribution in [0.5, 0.6) is 0 Å². The largest absolute Gasteiger partial charge is 0.326 e. The molecular formula is C10H14N2O6P2. The first-order valence-electron chi connectivity index (χ1n) is 5.09. The van der Waals surface area contributed by atoms with Gasteiger partial charge in [0.05, 0.1) is 11.4 Å². The lowest BCUT2D eigenvalue weighted by Crippen LogP contribution is -1.83. The summed E-state index contributed by atoms with van der Waals surface area (Å²) in [4.78, 5) is 37.0. The van der Waals surface area contributed by atoms with Crippen molar-refractivity contribution in [1.82, 2.24) is 9.97 Å². The molecule has 0 aromatic carbocycles. The van der Waals surface area contributed by atoms with E-state index < -0.39 is 16.5 Å². The highest BCUT2D eigenvalue weighted by Crippen LogP contribution is 2.10. The maximum absolute atomic E-state index is 8.74. The SMILES string of the molecule is O=[PH](O)O.O=[PH](O)O.c1ccc(-c2ccccn2)nc1. The normalized spacial score (nSPS) is 9.30. The molecule has 0 bridgehead atoms. The molecule has 0 amide bonds. The Morgan fingerprint density at radius 3 is 1.20 bits per heavy atom. The maximum atomic E-state index is 8.74. The van der Waals surface area contributed by atoms with Crippen LogP contribution < -0.4 is 0 Å². The van der Waals surface area contributed by atoms with E-state index in [-0.39, 0.29) is 0 Å². The summed E-state index contributed by atoms with van der Waals surface area (Å²) in [6, 6.07) is 11.6. The van der Waals surface area contributed by atoms with Gasteiger partial charge in [0.15, 0.2) is 0 Å². The van der Waals surface area contributed by atoms with E-state index in [2.05, 4.69) is 9.97 Å². The van der Waals surface area contributed by atoms with Gasteiger partial charge >= 0.3 is 16.5 Å². The molecule has 10 heteroatoms. The topological polar surface area (TPSA) is 141 Å². The lowest BCUT2D eigenvalue weighted by Gasteiger charge is -1.96. The Morgan fingerprint density at radius 1 is 0.700 bits per heavy atom. The molecule has 2 rings (SSSR count). The molecule has 4 N–H and O–H groups in total. The van der Waals surface area contributed by atoms with E-state index in [0.717, 1.165) is 11.4 Å². The van der Waals surface area contributed by atoms with Crippen molar-refractivity contribution in [1.29, 1.82) is 0 Å². The van der Waals surface area contributed by atoms with Crippen molar-refractivity contribution < 1.29 is 28.7 Å². The molecule has 0 saturated heterocycles. The molecule has 0 aliphatic heterocycles. The Hall–Kier alpha value is -1.40. The lowest BCUT2D eigenvalue weighted by atomic mass is 10.2. The van der Waals surface area contributed by atoms with Crippen LogP contribution in [0.15, 0.2) is 48.8 Å². The molecule has 110 valence electrons. The highest BCUT2D eigenvalue weighted by Gasteiger charge is 1.95. The van der Waals surface area contributed by atoms with Crippen LogP contribution in [0.4, 0.5) is 0 Å². The second-order valence-electron chi connectivity index (χ2n) is 3.00. The van der Waals surface area contributed by atoms with Crippen molar-refractivity contribution >= 4 is 16.5 Å². The van der Waals surface area contributed by atoms with Crippen molar-refractivity contribution in [3.8, 4) is 11.4 Å². The molecule has 0 aliphatic rings. The first-order chi connectivity index (χ1) is 9.43. The molecule has 8 nitrogen and oxygen atoms in total. The number of hydrogen-bond donors (Lipinski definition) is 4. The Balaban J connectivity index is 0.000000380. The molecule has 2 aromatic heterocycles. The highest BCUT2D eigenvalue weighted by molar-refractivity contribution is 7.31. The molecule has 2 heterocycles. The fourth-order valence-corrected chi connectivity index (χ4v) is 1.03. The Labute approximate surface area is 116 Å². The summed E-state index contributed by atoms with van der Waals surface area (Å²) >= 11 is 0. The van der Waals surface area contributed by atoms with Gasteiger partial charge in [-0.25, -0.2) is 0 Å². The van der Waals surface area contributed by atoms with Crippen molar-refractivity contribution in [2.24, 2.45) is 0 Å². The summed E-state index contributed by atoms with van der Waals surface area (Å²) in [6.07, 6.45) is 3.54. The van der Waals surface area contributed by atoms with Gasteiger partial charge in [0.25, 0.3) is 0 Å². The molecule has 0 fully saturated rings. The fraction of sp³-hybridized carbons (Fsp3) is 0. The summed E-state index contributed by atoms with van der Waals surface area (Å²) in [6.45, 7) is 0. The van der Waals surface area contributed by atoms with Gasteiger partial charge in [-0.15, -0.1) is 0 Å². The third kappa shape index (κ3) is 11.7. The first-order valence-corrected chi connectivity index (χ1v) is 7.70. The van der Waals surface area contributed by atoms with E-state index in [1.807, 2.05) is 36.4 Å². The van der Waals surface area contributed by atoms with Crippen LogP contribution >= 0.6 is 16.5 Å². The lowest BCUT2D eigenvalue weighted by molar-refractivity contribution is 0.403. The molecule has 0 aliphatic carbocycles. The van der Waals surface area contributed by atoms with Gasteiger partial charge in [0.2, 0.25) is 0 Å². The van der Waals surface area contributed by atoms with Gasteiger partial charge in [0, 0.05) is 12.4 Å². The predicted molar refractivity (Wildman–Crippen MR) is 74.3 cm³/mol. The van der Waals surface area contributed by atoms with Crippen molar-refractivity contribution in [2.45, 2.75) is 0 Å². The molecule has 0 spiro atoms. The molecule has 20 heavy (non-hydrogen) atoms. The third-order valence-electron chi connectivity index (χ3n) is 1.59. The molecule has 0 radical (unpaired) electrons. The average molecular weight is 320 g/mol. The van der Waals surface area contributed by atoms with E-state index in [0.29, 0.717) is 0 Å². The zero-order valence-electron chi connectivity index (χ0n) is 10.1. The van der Waals surface area contributed by atoms with Gasteiger partial charge in [-0.2, -0.15) is 0 Å².